The van der Waals surface area contributed by atoms with Crippen molar-refractivity contribution in [1.82, 2.24) is 19.8 Å². The number of benzene rings is 1. The molecule has 0 N–H and O–H groups in total. The van der Waals surface area contributed by atoms with Crippen molar-refractivity contribution in [3.05, 3.63) is 47.4 Å². The third kappa shape index (κ3) is 3.61. The second-order valence-corrected chi connectivity index (χ2v) is 7.97. The minimum Gasteiger partial charge on any atom is -0.335 e. The van der Waals surface area contributed by atoms with Crippen LogP contribution < -0.4 is 0 Å². The number of rotatable bonds is 3. The molecule has 2 aromatic rings. The maximum absolute atomic E-state index is 12.9. The number of aryl methyl sites for hydroxylation is 2. The largest absolute Gasteiger partial charge is 0.335 e. The predicted octanol–water partition coefficient (Wildman–Crippen LogP) is 3.46. The van der Waals surface area contributed by atoms with E-state index in [-0.39, 0.29) is 5.91 Å². The first-order chi connectivity index (χ1) is 13.0. The molecule has 5 nitrogen and oxygen atoms in total. The first-order valence-corrected chi connectivity index (χ1v) is 9.98. The Kier molecular flexibility index (Phi) is 4.96. The molecule has 0 radical (unpaired) electrons. The maximum Gasteiger partial charge on any atom is 0.253 e. The molecular formula is C22H28N4O. The Morgan fingerprint density at radius 2 is 2.00 bits per heavy atom. The van der Waals surface area contributed by atoms with Crippen LogP contribution in [0.3, 0.4) is 0 Å². The number of nitrogens with zero attached hydrogens (tertiary/aromatic N) is 4. The Hall–Kier alpha value is -2.27. The summed E-state index contributed by atoms with van der Waals surface area (Å²) in [6.45, 7) is 9.07. The predicted molar refractivity (Wildman–Crippen MR) is 107 cm³/mol. The van der Waals surface area contributed by atoms with Gasteiger partial charge in [0.15, 0.2) is 0 Å². The molecule has 0 saturated carbocycles. The Balaban J connectivity index is 1.47. The van der Waals surface area contributed by atoms with Gasteiger partial charge in [0, 0.05) is 42.5 Å². The summed E-state index contributed by atoms with van der Waals surface area (Å²) in [6, 6.07) is 8.97. The van der Waals surface area contributed by atoms with Crippen molar-refractivity contribution in [2.45, 2.75) is 52.1 Å². The van der Waals surface area contributed by atoms with Gasteiger partial charge in [-0.15, -0.1) is 0 Å². The molecule has 0 spiro atoms. The molecule has 2 fully saturated rings. The normalized spacial score (nSPS) is 21.1. The zero-order chi connectivity index (χ0) is 19.0. The fraction of sp³-hybridized carbons (Fsp3) is 0.500. The van der Waals surface area contributed by atoms with Crippen molar-refractivity contribution >= 4 is 5.91 Å². The molecule has 5 heteroatoms. The molecule has 0 aliphatic carbocycles. The van der Waals surface area contributed by atoms with Gasteiger partial charge in [0.05, 0.1) is 17.1 Å². The molecule has 142 valence electrons. The number of hydrogen-bond acceptors (Lipinski definition) is 4. The number of likely N-dealkylation sites (tertiary alicyclic amines) is 2. The summed E-state index contributed by atoms with van der Waals surface area (Å²) in [4.78, 5) is 26.5. The van der Waals surface area contributed by atoms with Crippen molar-refractivity contribution < 1.29 is 4.79 Å². The zero-order valence-corrected chi connectivity index (χ0v) is 16.5. The van der Waals surface area contributed by atoms with E-state index in [2.05, 4.69) is 21.8 Å². The van der Waals surface area contributed by atoms with Gasteiger partial charge in [-0.05, 0) is 52.3 Å². The molecule has 2 aliphatic rings. The topological polar surface area (TPSA) is 49.3 Å². The van der Waals surface area contributed by atoms with Crippen LogP contribution in [0.4, 0.5) is 0 Å². The van der Waals surface area contributed by atoms with Crippen LogP contribution in [0.1, 0.15) is 47.9 Å². The van der Waals surface area contributed by atoms with Crippen molar-refractivity contribution in [1.29, 1.82) is 0 Å². The summed E-state index contributed by atoms with van der Waals surface area (Å²) in [5, 5.41) is 0. The second-order valence-electron chi connectivity index (χ2n) is 7.97. The minimum absolute atomic E-state index is 0.121. The summed E-state index contributed by atoms with van der Waals surface area (Å²) in [5.41, 5.74) is 4.31. The molecule has 0 bridgehead atoms. The highest BCUT2D eigenvalue weighted by molar-refractivity contribution is 5.96. The molecule has 3 heterocycles. The summed E-state index contributed by atoms with van der Waals surface area (Å²) >= 11 is 0. The van der Waals surface area contributed by atoms with E-state index in [0.717, 1.165) is 41.3 Å². The molecule has 1 amide bonds. The minimum atomic E-state index is 0.121. The van der Waals surface area contributed by atoms with Crippen LogP contribution in [0.15, 0.2) is 30.5 Å². The van der Waals surface area contributed by atoms with Gasteiger partial charge in [0.25, 0.3) is 5.91 Å². The lowest BCUT2D eigenvalue weighted by atomic mass is 9.96. The molecule has 1 atom stereocenters. The Bertz CT molecular complexity index is 844. The number of aromatic nitrogens is 2. The first kappa shape index (κ1) is 18.1. The quantitative estimate of drug-likeness (QED) is 0.837. The van der Waals surface area contributed by atoms with Crippen LogP contribution in [0.5, 0.6) is 0 Å². The molecule has 0 unspecified atom stereocenters. The molecule has 1 aromatic carbocycles. The summed E-state index contributed by atoms with van der Waals surface area (Å²) in [5.74, 6) is 0.121. The highest BCUT2D eigenvalue weighted by atomic mass is 16.2. The fourth-order valence-corrected chi connectivity index (χ4v) is 4.29. The molecule has 27 heavy (non-hydrogen) atoms. The summed E-state index contributed by atoms with van der Waals surface area (Å²) in [6.07, 6.45) is 5.67. The van der Waals surface area contributed by atoms with Crippen LogP contribution in [0.25, 0.3) is 11.3 Å². The smallest absolute Gasteiger partial charge is 0.253 e. The van der Waals surface area contributed by atoms with Gasteiger partial charge in [-0.25, -0.2) is 4.98 Å². The monoisotopic (exact) mass is 364 g/mol. The summed E-state index contributed by atoms with van der Waals surface area (Å²) < 4.78 is 0. The Labute approximate surface area is 161 Å². The number of carbonyl (C=O) groups is 1. The summed E-state index contributed by atoms with van der Waals surface area (Å²) in [7, 11) is 0. The number of piperidine rings is 1. The van der Waals surface area contributed by atoms with Crippen molar-refractivity contribution in [2.24, 2.45) is 0 Å². The Morgan fingerprint density at radius 1 is 1.19 bits per heavy atom. The van der Waals surface area contributed by atoms with Gasteiger partial charge in [-0.3, -0.25) is 14.7 Å². The molecular weight excluding hydrogens is 336 g/mol. The lowest BCUT2D eigenvalue weighted by molar-refractivity contribution is 0.00213. The zero-order valence-electron chi connectivity index (χ0n) is 16.5. The highest BCUT2D eigenvalue weighted by Gasteiger charge is 2.37. The van der Waals surface area contributed by atoms with E-state index in [9.17, 15) is 4.79 Å². The van der Waals surface area contributed by atoms with E-state index >= 15 is 0 Å². The molecule has 2 saturated heterocycles. The van der Waals surface area contributed by atoms with E-state index < -0.39 is 0 Å². The van der Waals surface area contributed by atoms with Crippen LogP contribution in [0.2, 0.25) is 0 Å². The van der Waals surface area contributed by atoms with Crippen LogP contribution in [-0.2, 0) is 0 Å². The lowest BCUT2D eigenvalue weighted by Gasteiger charge is -2.49. The van der Waals surface area contributed by atoms with Gasteiger partial charge in [0.1, 0.15) is 0 Å². The number of amides is 1. The van der Waals surface area contributed by atoms with Gasteiger partial charge in [-0.2, -0.15) is 0 Å². The Morgan fingerprint density at radius 3 is 2.78 bits per heavy atom. The highest BCUT2D eigenvalue weighted by Crippen LogP contribution is 2.27. The molecule has 4 rings (SSSR count). The van der Waals surface area contributed by atoms with E-state index in [1.54, 1.807) is 6.20 Å². The average Bonchev–Trinajstić information content (AvgIpc) is 2.64. The van der Waals surface area contributed by atoms with Gasteiger partial charge >= 0.3 is 0 Å². The third-order valence-electron chi connectivity index (χ3n) is 5.93. The first-order valence-electron chi connectivity index (χ1n) is 9.98. The maximum atomic E-state index is 12.9. The van der Waals surface area contributed by atoms with E-state index in [1.807, 2.05) is 43.0 Å². The van der Waals surface area contributed by atoms with Gasteiger partial charge in [0.2, 0.25) is 0 Å². The van der Waals surface area contributed by atoms with Crippen LogP contribution >= 0.6 is 0 Å². The van der Waals surface area contributed by atoms with E-state index in [1.165, 1.54) is 25.8 Å². The van der Waals surface area contributed by atoms with E-state index in [4.69, 9.17) is 0 Å². The molecule has 1 aromatic heterocycles. The van der Waals surface area contributed by atoms with Crippen molar-refractivity contribution in [3.63, 3.8) is 0 Å². The fourth-order valence-electron chi connectivity index (χ4n) is 4.29. The number of hydrogen-bond donors (Lipinski definition) is 0. The van der Waals surface area contributed by atoms with Gasteiger partial charge < -0.3 is 4.90 Å². The van der Waals surface area contributed by atoms with Crippen LogP contribution in [-0.4, -0.2) is 57.4 Å². The van der Waals surface area contributed by atoms with Crippen molar-refractivity contribution in [2.75, 3.05) is 19.6 Å². The standard InChI is InChI=1S/C22H28N4O/c1-15-12-23-17(3)21(24-15)18-8-6-9-19(11-18)22(27)25-13-20(14-25)26-10-5-4-7-16(26)2/h6,8-9,11-12,16,20H,4-5,7,10,13-14H2,1-3H3/t16-/m0/s1. The van der Waals surface area contributed by atoms with Gasteiger partial charge in [-0.1, -0.05) is 18.6 Å². The van der Waals surface area contributed by atoms with Crippen LogP contribution in [0, 0.1) is 13.8 Å². The molecule has 2 aliphatic heterocycles. The second kappa shape index (κ2) is 7.39. The number of carbonyl (C=O) groups excluding carboxylic acids is 1. The lowest BCUT2D eigenvalue weighted by Crippen LogP contribution is -2.63. The SMILES string of the molecule is Cc1cnc(C)c(-c2cccc(C(=O)N3CC(N4CCCC[C@@H]4C)C3)c2)n1. The average molecular weight is 364 g/mol. The van der Waals surface area contributed by atoms with E-state index in [0.29, 0.717) is 12.1 Å². The third-order valence-corrected chi connectivity index (χ3v) is 5.93. The van der Waals surface area contributed by atoms with Crippen molar-refractivity contribution in [3.8, 4) is 11.3 Å².